The molecule has 3 aliphatic heterocycles. The Bertz CT molecular complexity index is 617. The topological polar surface area (TPSA) is 26.8 Å². The van der Waals surface area contributed by atoms with Crippen LogP contribution in [-0.2, 0) is 17.6 Å². The fourth-order valence-corrected chi connectivity index (χ4v) is 5.35. The van der Waals surface area contributed by atoms with E-state index in [1.807, 2.05) is 4.90 Å². The molecule has 0 unspecified atom stereocenters. The molecule has 142 valence electrons. The molecule has 2 atom stereocenters. The van der Waals surface area contributed by atoms with Gasteiger partial charge in [-0.1, -0.05) is 24.3 Å². The summed E-state index contributed by atoms with van der Waals surface area (Å²) in [5, 5.41) is 0. The Morgan fingerprint density at radius 1 is 1.00 bits per heavy atom. The van der Waals surface area contributed by atoms with E-state index in [1.165, 1.54) is 32.2 Å². The van der Waals surface area contributed by atoms with Crippen molar-refractivity contribution in [1.82, 2.24) is 14.7 Å². The Labute approximate surface area is 158 Å². The van der Waals surface area contributed by atoms with Crippen LogP contribution < -0.4 is 0 Å². The van der Waals surface area contributed by atoms with E-state index in [0.717, 1.165) is 32.1 Å². The minimum Gasteiger partial charge on any atom is -0.342 e. The zero-order chi connectivity index (χ0) is 18.1. The molecule has 0 spiro atoms. The van der Waals surface area contributed by atoms with Crippen molar-refractivity contribution in [2.75, 3.05) is 39.3 Å². The monoisotopic (exact) mass is 355 g/mol. The van der Waals surface area contributed by atoms with Gasteiger partial charge in [-0.15, -0.1) is 0 Å². The second-order valence-electron chi connectivity index (χ2n) is 8.38. The molecule has 0 aromatic heterocycles. The first-order valence-electron chi connectivity index (χ1n) is 10.5. The smallest absolute Gasteiger partial charge is 0.236 e. The summed E-state index contributed by atoms with van der Waals surface area (Å²) in [4.78, 5) is 19.8. The fraction of sp³-hybridized carbons (Fsp3) is 0.682. The molecule has 0 N–H and O–H groups in total. The van der Waals surface area contributed by atoms with Gasteiger partial charge in [-0.25, -0.2) is 0 Å². The van der Waals surface area contributed by atoms with E-state index in [0.29, 0.717) is 24.5 Å². The maximum Gasteiger partial charge on any atom is 0.236 e. The molecule has 3 fully saturated rings. The third-order valence-corrected chi connectivity index (χ3v) is 6.86. The van der Waals surface area contributed by atoms with E-state index in [9.17, 15) is 4.79 Å². The highest BCUT2D eigenvalue weighted by atomic mass is 16.2. The SMILES string of the molecule is CCN(CC)C(=O)CN1C[C@H]2CC[C@@H]1CN(C1Cc3ccccc3C1)C2. The predicted molar refractivity (Wildman–Crippen MR) is 105 cm³/mol. The summed E-state index contributed by atoms with van der Waals surface area (Å²) >= 11 is 0. The highest BCUT2D eigenvalue weighted by Crippen LogP contribution is 2.32. The first kappa shape index (κ1) is 18.0. The van der Waals surface area contributed by atoms with Crippen molar-refractivity contribution in [3.8, 4) is 0 Å². The molecular formula is C22H33N3O. The van der Waals surface area contributed by atoms with Crippen LogP contribution in [0.3, 0.4) is 0 Å². The molecule has 26 heavy (non-hydrogen) atoms. The third kappa shape index (κ3) is 3.54. The normalized spacial score (nSPS) is 26.7. The molecule has 5 rings (SSSR count). The first-order valence-corrected chi connectivity index (χ1v) is 10.5. The van der Waals surface area contributed by atoms with E-state index in [-0.39, 0.29) is 0 Å². The third-order valence-electron chi connectivity index (χ3n) is 6.86. The first-order chi connectivity index (χ1) is 12.7. The number of hydrogen-bond acceptors (Lipinski definition) is 3. The Hall–Kier alpha value is -1.39. The average Bonchev–Trinajstić information content (AvgIpc) is 2.88. The summed E-state index contributed by atoms with van der Waals surface area (Å²) < 4.78 is 0. The van der Waals surface area contributed by atoms with Gasteiger partial charge in [0, 0.05) is 44.8 Å². The van der Waals surface area contributed by atoms with Gasteiger partial charge in [0.2, 0.25) is 5.91 Å². The van der Waals surface area contributed by atoms with E-state index in [1.54, 1.807) is 11.1 Å². The minimum atomic E-state index is 0.308. The van der Waals surface area contributed by atoms with Gasteiger partial charge in [0.25, 0.3) is 0 Å². The minimum absolute atomic E-state index is 0.308. The van der Waals surface area contributed by atoms with Crippen LogP contribution in [0.5, 0.6) is 0 Å². The van der Waals surface area contributed by atoms with Crippen LogP contribution in [0.2, 0.25) is 0 Å². The molecule has 4 heteroatoms. The zero-order valence-corrected chi connectivity index (χ0v) is 16.4. The van der Waals surface area contributed by atoms with Crippen LogP contribution in [0.1, 0.15) is 37.8 Å². The summed E-state index contributed by atoms with van der Waals surface area (Å²) in [7, 11) is 0. The number of piperidine rings is 1. The van der Waals surface area contributed by atoms with Crippen molar-refractivity contribution >= 4 is 5.91 Å². The lowest BCUT2D eigenvalue weighted by molar-refractivity contribution is -0.133. The fourth-order valence-electron chi connectivity index (χ4n) is 5.35. The van der Waals surface area contributed by atoms with Crippen molar-refractivity contribution < 1.29 is 4.79 Å². The van der Waals surface area contributed by atoms with Gasteiger partial charge >= 0.3 is 0 Å². The van der Waals surface area contributed by atoms with Crippen LogP contribution in [0.4, 0.5) is 0 Å². The number of fused-ring (bicyclic) bond motifs is 5. The maximum atomic E-state index is 12.6. The van der Waals surface area contributed by atoms with E-state index < -0.39 is 0 Å². The summed E-state index contributed by atoms with van der Waals surface area (Å²) in [6.45, 7) is 9.87. The largest absolute Gasteiger partial charge is 0.342 e. The molecule has 4 nitrogen and oxygen atoms in total. The molecule has 1 amide bonds. The van der Waals surface area contributed by atoms with Crippen molar-refractivity contribution in [3.05, 3.63) is 35.4 Å². The van der Waals surface area contributed by atoms with E-state index >= 15 is 0 Å². The molecule has 0 saturated carbocycles. The van der Waals surface area contributed by atoms with Crippen molar-refractivity contribution in [1.29, 1.82) is 0 Å². The van der Waals surface area contributed by atoms with Gasteiger partial charge in [0.05, 0.1) is 6.54 Å². The number of likely N-dealkylation sites (N-methyl/N-ethyl adjacent to an activating group) is 1. The van der Waals surface area contributed by atoms with Gasteiger partial charge in [0.15, 0.2) is 0 Å². The van der Waals surface area contributed by atoms with Crippen molar-refractivity contribution in [2.24, 2.45) is 5.92 Å². The standard InChI is InChI=1S/C22H33N3O/c1-3-23(4-2)22(26)16-25-14-17-9-10-20(25)15-24(13-17)21-11-18-7-5-6-8-19(18)12-21/h5-8,17,20-21H,3-4,9-16H2,1-2H3/t17-,20+/m0/s1. The lowest BCUT2D eigenvalue weighted by Gasteiger charge is -2.37. The molecule has 1 aliphatic carbocycles. The van der Waals surface area contributed by atoms with Crippen molar-refractivity contribution in [3.63, 3.8) is 0 Å². The summed E-state index contributed by atoms with van der Waals surface area (Å²) in [5.41, 5.74) is 3.09. The second-order valence-corrected chi connectivity index (χ2v) is 8.38. The van der Waals surface area contributed by atoms with Crippen LogP contribution in [0.15, 0.2) is 24.3 Å². The molecule has 0 radical (unpaired) electrons. The molecule has 3 heterocycles. The number of carbonyl (C=O) groups is 1. The van der Waals surface area contributed by atoms with E-state index in [2.05, 4.69) is 47.9 Å². The molecule has 2 bridgehead atoms. The summed E-state index contributed by atoms with van der Waals surface area (Å²) in [6, 6.07) is 10.2. The van der Waals surface area contributed by atoms with Crippen LogP contribution >= 0.6 is 0 Å². The molecular weight excluding hydrogens is 322 g/mol. The second kappa shape index (κ2) is 7.69. The highest BCUT2D eigenvalue weighted by Gasteiger charge is 2.39. The van der Waals surface area contributed by atoms with Crippen molar-refractivity contribution in [2.45, 2.75) is 51.6 Å². The summed E-state index contributed by atoms with van der Waals surface area (Å²) in [5.74, 6) is 1.03. The highest BCUT2D eigenvalue weighted by molar-refractivity contribution is 5.78. The maximum absolute atomic E-state index is 12.6. The van der Waals surface area contributed by atoms with Crippen LogP contribution in [0, 0.1) is 5.92 Å². The zero-order valence-electron chi connectivity index (χ0n) is 16.4. The number of amides is 1. The number of hydrogen-bond donors (Lipinski definition) is 0. The summed E-state index contributed by atoms with van der Waals surface area (Å²) in [6.07, 6.45) is 4.99. The lowest BCUT2D eigenvalue weighted by atomic mass is 9.95. The number of nitrogens with zero attached hydrogens (tertiary/aromatic N) is 3. The van der Waals surface area contributed by atoms with Crippen LogP contribution in [-0.4, -0.2) is 72.0 Å². The average molecular weight is 356 g/mol. The Morgan fingerprint density at radius 2 is 1.69 bits per heavy atom. The molecule has 4 aliphatic rings. The molecule has 3 saturated heterocycles. The number of benzene rings is 1. The molecule has 1 aromatic carbocycles. The lowest BCUT2D eigenvalue weighted by Crippen LogP contribution is -2.49. The Morgan fingerprint density at radius 3 is 2.35 bits per heavy atom. The number of rotatable bonds is 5. The van der Waals surface area contributed by atoms with Gasteiger partial charge in [-0.3, -0.25) is 14.6 Å². The van der Waals surface area contributed by atoms with Gasteiger partial charge in [-0.05, 0) is 56.6 Å². The van der Waals surface area contributed by atoms with Crippen LogP contribution in [0.25, 0.3) is 0 Å². The molecule has 1 aromatic rings. The van der Waals surface area contributed by atoms with Gasteiger partial charge in [-0.2, -0.15) is 0 Å². The predicted octanol–water partition coefficient (Wildman–Crippen LogP) is 2.42. The number of carbonyl (C=O) groups excluding carboxylic acids is 1. The van der Waals surface area contributed by atoms with Gasteiger partial charge < -0.3 is 4.90 Å². The van der Waals surface area contributed by atoms with Gasteiger partial charge in [0.1, 0.15) is 0 Å². The Kier molecular flexibility index (Phi) is 5.32. The van der Waals surface area contributed by atoms with E-state index in [4.69, 9.17) is 0 Å². The quantitative estimate of drug-likeness (QED) is 0.812. The Balaban J connectivity index is 1.42.